The minimum atomic E-state index is -3.50. The molecule has 1 unspecified atom stereocenters. The summed E-state index contributed by atoms with van der Waals surface area (Å²) in [4.78, 5) is 4.11. The Morgan fingerprint density at radius 3 is 2.94 bits per heavy atom. The van der Waals surface area contributed by atoms with Crippen molar-refractivity contribution in [3.05, 3.63) is 18.5 Å². The molecule has 6 nitrogen and oxygen atoms in total. The van der Waals surface area contributed by atoms with Gasteiger partial charge in [0.05, 0.1) is 11.8 Å². The molecule has 1 aliphatic rings. The lowest BCUT2D eigenvalue weighted by Crippen LogP contribution is -2.30. The predicted molar refractivity (Wildman–Crippen MR) is 68.0 cm³/mol. The fourth-order valence-corrected chi connectivity index (χ4v) is 3.67. The molecule has 1 saturated heterocycles. The Morgan fingerprint density at radius 2 is 2.33 bits per heavy atom. The largest absolute Gasteiger partial charge is 0.387 e. The van der Waals surface area contributed by atoms with Crippen LogP contribution in [0.4, 0.5) is 5.69 Å². The number of hydrogen-bond donors (Lipinski definition) is 1. The van der Waals surface area contributed by atoms with Crippen molar-refractivity contribution in [1.82, 2.24) is 9.29 Å². The number of nitrogens with zero attached hydrogens (tertiary/aromatic N) is 2. The van der Waals surface area contributed by atoms with Crippen molar-refractivity contribution in [2.24, 2.45) is 0 Å². The van der Waals surface area contributed by atoms with Crippen LogP contribution in [-0.4, -0.2) is 51.1 Å². The van der Waals surface area contributed by atoms with E-state index in [1.807, 2.05) is 0 Å². The summed E-state index contributed by atoms with van der Waals surface area (Å²) in [5, 5.41) is 2.87. The van der Waals surface area contributed by atoms with Gasteiger partial charge in [-0.25, -0.2) is 8.42 Å². The van der Waals surface area contributed by atoms with Gasteiger partial charge in [-0.1, -0.05) is 0 Å². The number of pyridine rings is 1. The number of aromatic nitrogens is 1. The van der Waals surface area contributed by atoms with Crippen molar-refractivity contribution < 1.29 is 13.2 Å². The first kappa shape index (κ1) is 13.3. The zero-order valence-corrected chi connectivity index (χ0v) is 11.3. The van der Waals surface area contributed by atoms with Crippen molar-refractivity contribution in [2.45, 2.75) is 17.4 Å². The van der Waals surface area contributed by atoms with Crippen molar-refractivity contribution in [3.8, 4) is 0 Å². The number of nitrogens with one attached hydrogen (secondary N) is 1. The molecule has 1 aromatic rings. The van der Waals surface area contributed by atoms with E-state index in [4.69, 9.17) is 4.74 Å². The van der Waals surface area contributed by atoms with E-state index in [0.29, 0.717) is 18.8 Å². The van der Waals surface area contributed by atoms with Crippen LogP contribution in [0.5, 0.6) is 0 Å². The summed E-state index contributed by atoms with van der Waals surface area (Å²) < 4.78 is 31.6. The average Bonchev–Trinajstić information content (AvgIpc) is 2.88. The third kappa shape index (κ3) is 2.33. The molecule has 0 aliphatic carbocycles. The van der Waals surface area contributed by atoms with Gasteiger partial charge in [-0.3, -0.25) is 4.98 Å². The van der Waals surface area contributed by atoms with Gasteiger partial charge < -0.3 is 10.1 Å². The average molecular weight is 271 g/mol. The lowest BCUT2D eigenvalue weighted by Gasteiger charge is -2.18. The first-order valence-electron chi connectivity index (χ1n) is 5.74. The quantitative estimate of drug-likeness (QED) is 0.865. The third-order valence-electron chi connectivity index (χ3n) is 3.11. The van der Waals surface area contributed by atoms with E-state index in [0.717, 1.165) is 6.42 Å². The fraction of sp³-hybridized carbons (Fsp3) is 0.545. The molecule has 0 spiro atoms. The summed E-state index contributed by atoms with van der Waals surface area (Å²) in [5.41, 5.74) is 0.561. The number of rotatable bonds is 4. The number of sulfonamides is 1. The van der Waals surface area contributed by atoms with Crippen molar-refractivity contribution >= 4 is 15.7 Å². The van der Waals surface area contributed by atoms with Crippen LogP contribution in [0.25, 0.3) is 0 Å². The molecule has 1 aliphatic heterocycles. The van der Waals surface area contributed by atoms with Gasteiger partial charge in [0, 0.05) is 39.6 Å². The Kier molecular flexibility index (Phi) is 3.84. The maximum atomic E-state index is 12.5. The SMILES string of the molecule is CNc1ccncc1S(=O)(=O)N1CCC(OC)C1. The third-order valence-corrected chi connectivity index (χ3v) is 5.01. The molecule has 2 heterocycles. The maximum Gasteiger partial charge on any atom is 0.246 e. The standard InChI is InChI=1S/C11H17N3O3S/c1-12-10-3-5-13-7-11(10)18(15,16)14-6-4-9(8-14)17-2/h3,5,7,9H,4,6,8H2,1-2H3,(H,12,13). The number of anilines is 1. The highest BCUT2D eigenvalue weighted by atomic mass is 32.2. The molecule has 0 amide bonds. The molecule has 100 valence electrons. The number of hydrogen-bond acceptors (Lipinski definition) is 5. The van der Waals surface area contributed by atoms with E-state index in [1.165, 1.54) is 10.5 Å². The van der Waals surface area contributed by atoms with E-state index in [1.54, 1.807) is 26.4 Å². The molecule has 2 rings (SSSR count). The normalized spacial score (nSPS) is 21.1. The van der Waals surface area contributed by atoms with Gasteiger partial charge in [0.15, 0.2) is 0 Å². The topological polar surface area (TPSA) is 71.5 Å². The zero-order valence-electron chi connectivity index (χ0n) is 10.5. The van der Waals surface area contributed by atoms with Gasteiger partial charge in [0.2, 0.25) is 10.0 Å². The summed E-state index contributed by atoms with van der Waals surface area (Å²) in [6.07, 6.45) is 3.65. The molecule has 1 fully saturated rings. The van der Waals surface area contributed by atoms with E-state index < -0.39 is 10.0 Å². The van der Waals surface area contributed by atoms with E-state index in [9.17, 15) is 8.42 Å². The van der Waals surface area contributed by atoms with E-state index in [-0.39, 0.29) is 11.0 Å². The highest BCUT2D eigenvalue weighted by Gasteiger charge is 2.33. The second-order valence-electron chi connectivity index (χ2n) is 4.13. The Hall–Kier alpha value is -1.18. The second-order valence-corrected chi connectivity index (χ2v) is 6.04. The molecule has 1 aromatic heterocycles. The number of ether oxygens (including phenoxy) is 1. The van der Waals surface area contributed by atoms with Crippen LogP contribution in [0, 0.1) is 0 Å². The molecular formula is C11H17N3O3S. The molecule has 0 bridgehead atoms. The molecule has 0 aromatic carbocycles. The Morgan fingerprint density at radius 1 is 1.56 bits per heavy atom. The summed E-state index contributed by atoms with van der Waals surface area (Å²) in [5.74, 6) is 0. The van der Waals surface area contributed by atoms with Crippen LogP contribution >= 0.6 is 0 Å². The smallest absolute Gasteiger partial charge is 0.246 e. The first-order valence-corrected chi connectivity index (χ1v) is 7.18. The zero-order chi connectivity index (χ0) is 13.2. The predicted octanol–water partition coefficient (Wildman–Crippen LogP) is 0.533. The number of methoxy groups -OCH3 is 1. The minimum Gasteiger partial charge on any atom is -0.387 e. The lowest BCUT2D eigenvalue weighted by atomic mass is 10.3. The molecule has 18 heavy (non-hydrogen) atoms. The second kappa shape index (κ2) is 5.21. The van der Waals surface area contributed by atoms with Crippen LogP contribution in [0.3, 0.4) is 0 Å². The highest BCUT2D eigenvalue weighted by Crippen LogP contribution is 2.26. The van der Waals surface area contributed by atoms with E-state index in [2.05, 4.69) is 10.3 Å². The molecule has 7 heteroatoms. The molecular weight excluding hydrogens is 254 g/mol. The minimum absolute atomic E-state index is 0.0190. The van der Waals surface area contributed by atoms with Gasteiger partial charge in [0.1, 0.15) is 4.90 Å². The molecule has 1 N–H and O–H groups in total. The van der Waals surface area contributed by atoms with Crippen LogP contribution < -0.4 is 5.32 Å². The lowest BCUT2D eigenvalue weighted by molar-refractivity contribution is 0.115. The van der Waals surface area contributed by atoms with Crippen LogP contribution in [-0.2, 0) is 14.8 Å². The van der Waals surface area contributed by atoms with Crippen molar-refractivity contribution in [3.63, 3.8) is 0 Å². The maximum absolute atomic E-state index is 12.5. The summed E-state index contributed by atoms with van der Waals surface area (Å²) in [7, 11) is -0.204. The monoisotopic (exact) mass is 271 g/mol. The van der Waals surface area contributed by atoms with Crippen LogP contribution in [0.1, 0.15) is 6.42 Å². The Labute approximate surface area is 107 Å². The fourth-order valence-electron chi connectivity index (χ4n) is 2.04. The highest BCUT2D eigenvalue weighted by molar-refractivity contribution is 7.89. The van der Waals surface area contributed by atoms with Crippen LogP contribution in [0.15, 0.2) is 23.4 Å². The van der Waals surface area contributed by atoms with Gasteiger partial charge in [-0.05, 0) is 12.5 Å². The summed E-state index contributed by atoms with van der Waals surface area (Å²) in [6, 6.07) is 1.65. The van der Waals surface area contributed by atoms with Gasteiger partial charge >= 0.3 is 0 Å². The summed E-state index contributed by atoms with van der Waals surface area (Å²) in [6.45, 7) is 0.885. The molecule has 0 saturated carbocycles. The van der Waals surface area contributed by atoms with Crippen molar-refractivity contribution in [1.29, 1.82) is 0 Å². The van der Waals surface area contributed by atoms with Crippen molar-refractivity contribution in [2.75, 3.05) is 32.6 Å². The Balaban J connectivity index is 2.31. The summed E-state index contributed by atoms with van der Waals surface area (Å²) >= 11 is 0. The Bertz CT molecular complexity index is 518. The first-order chi connectivity index (χ1) is 8.59. The van der Waals surface area contributed by atoms with Gasteiger partial charge in [-0.15, -0.1) is 0 Å². The molecule has 0 radical (unpaired) electrons. The molecule has 1 atom stereocenters. The van der Waals surface area contributed by atoms with Crippen LogP contribution in [0.2, 0.25) is 0 Å². The van der Waals surface area contributed by atoms with Gasteiger partial charge in [-0.2, -0.15) is 4.31 Å². The van der Waals surface area contributed by atoms with Gasteiger partial charge in [0.25, 0.3) is 0 Å². The van der Waals surface area contributed by atoms with E-state index >= 15 is 0 Å².